The summed E-state index contributed by atoms with van der Waals surface area (Å²) in [5, 5.41) is 0. The van der Waals surface area contributed by atoms with Crippen molar-refractivity contribution in [3.05, 3.63) is 29.6 Å². The number of nitrogens with zero attached hydrogens (tertiary/aromatic N) is 2. The number of pyridine rings is 1. The maximum absolute atomic E-state index is 12.3. The number of hydrogen-bond donors (Lipinski definition) is 0. The molecule has 3 nitrogen and oxygen atoms in total. The smallest absolute Gasteiger partial charge is 0.255 e. The first-order chi connectivity index (χ1) is 9.72. The van der Waals surface area contributed by atoms with Crippen LogP contribution in [0.25, 0.3) is 0 Å². The molecule has 3 heteroatoms. The molecule has 0 aromatic carbocycles. The van der Waals surface area contributed by atoms with Crippen molar-refractivity contribution in [2.45, 2.75) is 45.4 Å². The topological polar surface area (TPSA) is 33.2 Å². The Hall–Kier alpha value is -1.38. The molecule has 2 aliphatic carbocycles. The van der Waals surface area contributed by atoms with Gasteiger partial charge in [-0.2, -0.15) is 0 Å². The molecule has 1 heterocycles. The van der Waals surface area contributed by atoms with Gasteiger partial charge in [-0.05, 0) is 57.1 Å². The van der Waals surface area contributed by atoms with E-state index < -0.39 is 0 Å². The van der Waals surface area contributed by atoms with Crippen LogP contribution in [0.5, 0.6) is 0 Å². The molecule has 1 aromatic heterocycles. The van der Waals surface area contributed by atoms with Crippen molar-refractivity contribution in [1.82, 2.24) is 9.88 Å². The van der Waals surface area contributed by atoms with E-state index in [9.17, 15) is 4.79 Å². The van der Waals surface area contributed by atoms with Gasteiger partial charge in [-0.3, -0.25) is 9.78 Å². The molecule has 0 aliphatic heterocycles. The molecule has 108 valence electrons. The van der Waals surface area contributed by atoms with E-state index in [1.165, 1.54) is 31.4 Å². The van der Waals surface area contributed by atoms with Gasteiger partial charge in [-0.1, -0.05) is 6.42 Å². The summed E-state index contributed by atoms with van der Waals surface area (Å²) in [6.45, 7) is 5.53. The maximum Gasteiger partial charge on any atom is 0.255 e. The van der Waals surface area contributed by atoms with Gasteiger partial charge < -0.3 is 4.90 Å². The Bertz CT molecular complexity index is 478. The van der Waals surface area contributed by atoms with Gasteiger partial charge >= 0.3 is 0 Å². The van der Waals surface area contributed by atoms with Gasteiger partial charge in [0.15, 0.2) is 0 Å². The highest BCUT2D eigenvalue weighted by molar-refractivity contribution is 5.93. The molecule has 0 unspecified atom stereocenters. The van der Waals surface area contributed by atoms with Crippen LogP contribution in [0.1, 0.15) is 61.5 Å². The summed E-state index contributed by atoms with van der Waals surface area (Å²) in [4.78, 5) is 18.7. The van der Waals surface area contributed by atoms with Gasteiger partial charge in [-0.25, -0.2) is 0 Å². The summed E-state index contributed by atoms with van der Waals surface area (Å²) in [5.74, 6) is 2.52. The zero-order valence-electron chi connectivity index (χ0n) is 12.5. The van der Waals surface area contributed by atoms with Crippen LogP contribution in [-0.4, -0.2) is 28.9 Å². The third kappa shape index (κ3) is 2.34. The van der Waals surface area contributed by atoms with Crippen molar-refractivity contribution in [3.8, 4) is 0 Å². The lowest BCUT2D eigenvalue weighted by molar-refractivity contribution is 0.0772. The molecule has 2 saturated carbocycles. The molecule has 3 atom stereocenters. The molecule has 0 saturated heterocycles. The van der Waals surface area contributed by atoms with Crippen molar-refractivity contribution in [3.63, 3.8) is 0 Å². The van der Waals surface area contributed by atoms with Crippen LogP contribution in [-0.2, 0) is 0 Å². The number of hydrogen-bond acceptors (Lipinski definition) is 2. The summed E-state index contributed by atoms with van der Waals surface area (Å²) in [6, 6.07) is 4.05. The quantitative estimate of drug-likeness (QED) is 0.841. The van der Waals surface area contributed by atoms with Crippen LogP contribution in [0, 0.1) is 11.8 Å². The molecule has 3 rings (SSSR count). The van der Waals surface area contributed by atoms with E-state index in [2.05, 4.69) is 11.1 Å². The SMILES string of the molecule is CCN(CC)C(=O)c1ccc([C@@H]2C[C@@H]3CC[C@H]2C3)nc1. The van der Waals surface area contributed by atoms with Crippen molar-refractivity contribution in [2.24, 2.45) is 11.8 Å². The highest BCUT2D eigenvalue weighted by Crippen LogP contribution is 2.52. The van der Waals surface area contributed by atoms with Gasteiger partial charge in [0, 0.05) is 30.9 Å². The number of rotatable bonds is 4. The fraction of sp³-hybridized carbons (Fsp3) is 0.647. The van der Waals surface area contributed by atoms with Gasteiger partial charge in [0.25, 0.3) is 5.91 Å². The van der Waals surface area contributed by atoms with Gasteiger partial charge in [0.2, 0.25) is 0 Å². The average Bonchev–Trinajstić information content (AvgIpc) is 3.11. The molecule has 1 aromatic rings. The summed E-state index contributed by atoms with van der Waals surface area (Å²) in [6.07, 6.45) is 7.27. The molecule has 2 aliphatic rings. The normalized spacial score (nSPS) is 27.8. The molecule has 0 spiro atoms. The van der Waals surface area contributed by atoms with E-state index in [0.29, 0.717) is 5.92 Å². The molecular weight excluding hydrogens is 248 g/mol. The second-order valence-electron chi connectivity index (χ2n) is 6.23. The lowest BCUT2D eigenvalue weighted by Crippen LogP contribution is -2.30. The van der Waals surface area contributed by atoms with Crippen molar-refractivity contribution < 1.29 is 4.79 Å². The zero-order valence-corrected chi connectivity index (χ0v) is 12.5. The third-order valence-electron chi connectivity index (χ3n) is 5.20. The number of carbonyl (C=O) groups excluding carboxylic acids is 1. The molecule has 2 bridgehead atoms. The Labute approximate surface area is 121 Å². The van der Waals surface area contributed by atoms with E-state index >= 15 is 0 Å². The fourth-order valence-electron chi connectivity index (χ4n) is 4.05. The molecule has 1 amide bonds. The first kappa shape index (κ1) is 13.6. The molecule has 20 heavy (non-hydrogen) atoms. The number of carbonyl (C=O) groups is 1. The van der Waals surface area contributed by atoms with E-state index in [0.717, 1.165) is 30.5 Å². The Morgan fingerprint density at radius 1 is 1.25 bits per heavy atom. The summed E-state index contributed by atoms with van der Waals surface area (Å²) in [5.41, 5.74) is 1.92. The molecule has 2 fully saturated rings. The highest BCUT2D eigenvalue weighted by Gasteiger charge is 2.40. The second kappa shape index (κ2) is 5.55. The van der Waals surface area contributed by atoms with Crippen LogP contribution in [0.4, 0.5) is 0 Å². The van der Waals surface area contributed by atoms with E-state index in [4.69, 9.17) is 0 Å². The Kier molecular flexibility index (Phi) is 3.77. The van der Waals surface area contributed by atoms with Gasteiger partial charge in [0.05, 0.1) is 5.56 Å². The highest BCUT2D eigenvalue weighted by atomic mass is 16.2. The minimum Gasteiger partial charge on any atom is -0.339 e. The summed E-state index contributed by atoms with van der Waals surface area (Å²) < 4.78 is 0. The Morgan fingerprint density at radius 2 is 2.05 bits per heavy atom. The Morgan fingerprint density at radius 3 is 2.55 bits per heavy atom. The van der Waals surface area contributed by atoms with Crippen molar-refractivity contribution in [1.29, 1.82) is 0 Å². The van der Waals surface area contributed by atoms with E-state index in [-0.39, 0.29) is 5.91 Å². The standard InChI is InChI=1S/C17H24N2O/c1-3-19(4-2)17(20)14-7-8-16(18-11-14)15-10-12-5-6-13(15)9-12/h7-8,11-13,15H,3-6,9-10H2,1-2H3/t12-,13+,15-/m1/s1. The zero-order chi connectivity index (χ0) is 14.1. The molecule has 0 N–H and O–H groups in total. The number of fused-ring (bicyclic) bond motifs is 2. The number of amides is 1. The average molecular weight is 272 g/mol. The third-order valence-corrected chi connectivity index (χ3v) is 5.20. The van der Waals surface area contributed by atoms with Crippen molar-refractivity contribution in [2.75, 3.05) is 13.1 Å². The maximum atomic E-state index is 12.3. The monoisotopic (exact) mass is 272 g/mol. The second-order valence-corrected chi connectivity index (χ2v) is 6.23. The Balaban J connectivity index is 1.73. The van der Waals surface area contributed by atoms with Crippen LogP contribution < -0.4 is 0 Å². The molecular formula is C17H24N2O. The minimum atomic E-state index is 0.0991. The minimum absolute atomic E-state index is 0.0991. The van der Waals surface area contributed by atoms with Crippen LogP contribution in [0.3, 0.4) is 0 Å². The lowest BCUT2D eigenvalue weighted by atomic mass is 9.86. The van der Waals surface area contributed by atoms with Crippen LogP contribution >= 0.6 is 0 Å². The largest absolute Gasteiger partial charge is 0.339 e. The first-order valence-corrected chi connectivity index (χ1v) is 7.98. The predicted molar refractivity (Wildman–Crippen MR) is 79.7 cm³/mol. The summed E-state index contributed by atoms with van der Waals surface area (Å²) in [7, 11) is 0. The number of aromatic nitrogens is 1. The first-order valence-electron chi connectivity index (χ1n) is 7.98. The van der Waals surface area contributed by atoms with Gasteiger partial charge in [0.1, 0.15) is 0 Å². The summed E-state index contributed by atoms with van der Waals surface area (Å²) >= 11 is 0. The molecule has 0 radical (unpaired) electrons. The van der Waals surface area contributed by atoms with Crippen LogP contribution in [0.2, 0.25) is 0 Å². The lowest BCUT2D eigenvalue weighted by Gasteiger charge is -2.22. The predicted octanol–water partition coefficient (Wildman–Crippen LogP) is 3.47. The van der Waals surface area contributed by atoms with Crippen molar-refractivity contribution >= 4 is 5.91 Å². The van der Waals surface area contributed by atoms with Gasteiger partial charge in [-0.15, -0.1) is 0 Å². The van der Waals surface area contributed by atoms with E-state index in [1.807, 2.05) is 24.8 Å². The van der Waals surface area contributed by atoms with Crippen LogP contribution in [0.15, 0.2) is 18.3 Å². The van der Waals surface area contributed by atoms with E-state index in [1.54, 1.807) is 6.20 Å². The fourth-order valence-corrected chi connectivity index (χ4v) is 4.05.